The largest absolute Gasteiger partial charge is 0.495 e. The average molecular weight is 210 g/mol. The molecule has 0 atom stereocenters. The molecule has 0 aliphatic carbocycles. The van der Waals surface area contributed by atoms with Gasteiger partial charge in [0.15, 0.2) is 0 Å². The van der Waals surface area contributed by atoms with Gasteiger partial charge in [-0.05, 0) is 29.0 Å². The van der Waals surface area contributed by atoms with Gasteiger partial charge in [0.1, 0.15) is 5.75 Å². The number of methoxy groups -OCH3 is 1. The summed E-state index contributed by atoms with van der Waals surface area (Å²) >= 11 is 5.93. The summed E-state index contributed by atoms with van der Waals surface area (Å²) in [6, 6.07) is 5.25. The molecular weight excluding hydrogens is 204 g/mol. The quantitative estimate of drug-likeness (QED) is 0.735. The molecular formula is C8H6ClN4O. The summed E-state index contributed by atoms with van der Waals surface area (Å²) in [5, 5.41) is 11.3. The summed E-state index contributed by atoms with van der Waals surface area (Å²) in [4.78, 5) is 0. The number of hydrogen-bond acceptors (Lipinski definition) is 4. The van der Waals surface area contributed by atoms with Crippen LogP contribution in [0.3, 0.4) is 0 Å². The molecule has 0 spiro atoms. The smallest absolute Gasteiger partial charge is 0.207 e. The van der Waals surface area contributed by atoms with Crippen molar-refractivity contribution in [3.63, 3.8) is 0 Å². The summed E-state index contributed by atoms with van der Waals surface area (Å²) in [6.07, 6.45) is 0. The topological polar surface area (TPSA) is 60.4 Å². The van der Waals surface area contributed by atoms with Gasteiger partial charge >= 0.3 is 0 Å². The Hall–Kier alpha value is -1.62. The molecule has 1 heterocycles. The van der Waals surface area contributed by atoms with Crippen LogP contribution in [0.25, 0.3) is 0 Å². The molecule has 0 saturated heterocycles. The predicted octanol–water partition coefficient (Wildman–Crippen LogP) is 2.00. The number of amidine groups is 1. The summed E-state index contributed by atoms with van der Waals surface area (Å²) in [6.45, 7) is 0. The van der Waals surface area contributed by atoms with Gasteiger partial charge in [-0.25, -0.2) is 0 Å². The number of benzene rings is 1. The van der Waals surface area contributed by atoms with Gasteiger partial charge in [0, 0.05) is 5.56 Å². The Labute approximate surface area is 85.4 Å². The second kappa shape index (κ2) is 3.63. The maximum Gasteiger partial charge on any atom is 0.207 e. The summed E-state index contributed by atoms with van der Waals surface area (Å²) < 4.78 is 5.01. The van der Waals surface area contributed by atoms with E-state index in [1.807, 2.05) is 0 Å². The van der Waals surface area contributed by atoms with Gasteiger partial charge in [-0.15, -0.1) is 10.2 Å². The monoisotopic (exact) mass is 209 g/mol. The highest BCUT2D eigenvalue weighted by molar-refractivity contribution is 6.32. The minimum absolute atomic E-state index is 0.453. The molecule has 0 fully saturated rings. The molecule has 0 bridgehead atoms. The van der Waals surface area contributed by atoms with Gasteiger partial charge in [0.25, 0.3) is 0 Å². The Bertz CT molecular complexity index is 416. The first-order valence-corrected chi connectivity index (χ1v) is 4.21. The second-order valence-electron chi connectivity index (χ2n) is 2.55. The van der Waals surface area contributed by atoms with E-state index in [1.165, 1.54) is 0 Å². The lowest BCUT2D eigenvalue weighted by Crippen LogP contribution is -1.95. The van der Waals surface area contributed by atoms with E-state index in [0.717, 1.165) is 5.56 Å². The number of halogens is 1. The first-order chi connectivity index (χ1) is 6.81. The Balaban J connectivity index is 2.37. The van der Waals surface area contributed by atoms with Crippen molar-refractivity contribution in [1.29, 1.82) is 0 Å². The lowest BCUT2D eigenvalue weighted by atomic mass is 10.2. The van der Waals surface area contributed by atoms with Crippen molar-refractivity contribution in [1.82, 2.24) is 5.53 Å². The molecule has 6 heteroatoms. The zero-order valence-electron chi connectivity index (χ0n) is 7.31. The molecule has 1 aromatic rings. The molecule has 1 radical (unpaired) electrons. The summed E-state index contributed by atoms with van der Waals surface area (Å²) in [7, 11) is 1.56. The number of ether oxygens (including phenoxy) is 1. The van der Waals surface area contributed by atoms with E-state index >= 15 is 0 Å². The number of rotatable bonds is 2. The minimum atomic E-state index is 0.453. The fourth-order valence-corrected chi connectivity index (χ4v) is 1.32. The highest BCUT2D eigenvalue weighted by Crippen LogP contribution is 2.25. The highest BCUT2D eigenvalue weighted by atomic mass is 35.5. The number of hydrogen-bond donors (Lipinski definition) is 0. The average Bonchev–Trinajstić information content (AvgIpc) is 2.70. The summed E-state index contributed by atoms with van der Waals surface area (Å²) in [5.74, 6) is 1.07. The lowest BCUT2D eigenvalue weighted by Gasteiger charge is -2.03. The first kappa shape index (κ1) is 8.96. The van der Waals surface area contributed by atoms with Crippen molar-refractivity contribution in [2.75, 3.05) is 7.11 Å². The molecule has 5 nitrogen and oxygen atoms in total. The van der Waals surface area contributed by atoms with E-state index in [-0.39, 0.29) is 0 Å². The maximum absolute atomic E-state index is 5.93. The van der Waals surface area contributed by atoms with Gasteiger partial charge in [-0.2, -0.15) is 0 Å². The predicted molar refractivity (Wildman–Crippen MR) is 51.5 cm³/mol. The first-order valence-electron chi connectivity index (χ1n) is 3.84. The standard InChI is InChI=1S/C8H6ClN4O/c1-14-7-3-2-5(4-6(7)9)8-10-12-13-11-8/h2-4H,1H3. The molecule has 2 rings (SSSR count). The van der Waals surface area contributed by atoms with E-state index in [2.05, 4.69) is 21.0 Å². The van der Waals surface area contributed by atoms with E-state index < -0.39 is 0 Å². The van der Waals surface area contributed by atoms with Crippen LogP contribution >= 0.6 is 11.6 Å². The molecule has 0 saturated carbocycles. The molecule has 71 valence electrons. The van der Waals surface area contributed by atoms with Gasteiger partial charge in [0.05, 0.1) is 12.1 Å². The van der Waals surface area contributed by atoms with Crippen molar-refractivity contribution in [3.8, 4) is 5.75 Å². The van der Waals surface area contributed by atoms with Crippen molar-refractivity contribution in [3.05, 3.63) is 28.8 Å². The summed E-state index contributed by atoms with van der Waals surface area (Å²) in [5.41, 5.74) is 4.15. The van der Waals surface area contributed by atoms with Crippen LogP contribution in [0, 0.1) is 0 Å². The molecule has 0 N–H and O–H groups in total. The van der Waals surface area contributed by atoms with Crippen LogP contribution in [0.2, 0.25) is 5.02 Å². The molecule has 14 heavy (non-hydrogen) atoms. The normalized spacial score (nSPS) is 13.7. The third kappa shape index (κ3) is 1.54. The Kier molecular flexibility index (Phi) is 2.32. The Morgan fingerprint density at radius 2 is 2.21 bits per heavy atom. The highest BCUT2D eigenvalue weighted by Gasteiger charge is 2.10. The molecule has 0 amide bonds. The molecule has 1 aliphatic heterocycles. The van der Waals surface area contributed by atoms with Crippen molar-refractivity contribution in [2.24, 2.45) is 15.4 Å². The lowest BCUT2D eigenvalue weighted by molar-refractivity contribution is 0.415. The Morgan fingerprint density at radius 3 is 2.79 bits per heavy atom. The third-order valence-electron chi connectivity index (χ3n) is 1.73. The van der Waals surface area contributed by atoms with Crippen LogP contribution < -0.4 is 10.3 Å². The van der Waals surface area contributed by atoms with Crippen LogP contribution in [-0.2, 0) is 0 Å². The van der Waals surface area contributed by atoms with Gasteiger partial charge in [-0.1, -0.05) is 11.6 Å². The fraction of sp³-hybridized carbons (Fsp3) is 0.125. The van der Waals surface area contributed by atoms with Gasteiger partial charge in [0.2, 0.25) is 5.84 Å². The minimum Gasteiger partial charge on any atom is -0.495 e. The Morgan fingerprint density at radius 1 is 1.36 bits per heavy atom. The van der Waals surface area contributed by atoms with Crippen LogP contribution in [-0.4, -0.2) is 12.9 Å². The van der Waals surface area contributed by atoms with Crippen LogP contribution in [0.1, 0.15) is 5.56 Å². The van der Waals surface area contributed by atoms with Crippen molar-refractivity contribution < 1.29 is 4.74 Å². The SMILES string of the molecule is COc1ccc(C2=N[N]N=N2)cc1Cl. The van der Waals surface area contributed by atoms with Crippen molar-refractivity contribution in [2.45, 2.75) is 0 Å². The molecule has 1 aromatic carbocycles. The van der Waals surface area contributed by atoms with E-state index in [0.29, 0.717) is 16.6 Å². The maximum atomic E-state index is 5.93. The fourth-order valence-electron chi connectivity index (χ4n) is 1.07. The van der Waals surface area contributed by atoms with Gasteiger partial charge in [-0.3, -0.25) is 0 Å². The zero-order valence-corrected chi connectivity index (χ0v) is 8.06. The molecule has 1 aliphatic rings. The second-order valence-corrected chi connectivity index (χ2v) is 2.96. The molecule has 0 aromatic heterocycles. The van der Waals surface area contributed by atoms with Crippen LogP contribution in [0.5, 0.6) is 5.75 Å². The third-order valence-corrected chi connectivity index (χ3v) is 2.02. The van der Waals surface area contributed by atoms with Crippen LogP contribution in [0.15, 0.2) is 33.6 Å². The molecule has 0 unspecified atom stereocenters. The van der Waals surface area contributed by atoms with E-state index in [9.17, 15) is 0 Å². The van der Waals surface area contributed by atoms with E-state index in [4.69, 9.17) is 16.3 Å². The number of nitrogens with zero attached hydrogens (tertiary/aromatic N) is 4. The van der Waals surface area contributed by atoms with Gasteiger partial charge < -0.3 is 4.74 Å². The zero-order chi connectivity index (χ0) is 9.97. The van der Waals surface area contributed by atoms with Crippen molar-refractivity contribution >= 4 is 17.4 Å². The van der Waals surface area contributed by atoms with E-state index in [1.54, 1.807) is 25.3 Å². The van der Waals surface area contributed by atoms with Crippen LogP contribution in [0.4, 0.5) is 0 Å².